The molecule has 122 valence electrons. The van der Waals surface area contributed by atoms with Gasteiger partial charge in [0.1, 0.15) is 0 Å². The minimum Gasteiger partial charge on any atom is -0.392 e. The van der Waals surface area contributed by atoms with Crippen molar-refractivity contribution in [3.63, 3.8) is 0 Å². The van der Waals surface area contributed by atoms with Gasteiger partial charge in [0.05, 0.1) is 12.5 Å². The molecule has 0 aromatic heterocycles. The van der Waals surface area contributed by atoms with E-state index in [1.807, 2.05) is 0 Å². The van der Waals surface area contributed by atoms with E-state index in [9.17, 15) is 23.1 Å². The summed E-state index contributed by atoms with van der Waals surface area (Å²) in [7, 11) is 0. The maximum absolute atomic E-state index is 13.0. The lowest BCUT2D eigenvalue weighted by atomic mass is 9.78. The van der Waals surface area contributed by atoms with Gasteiger partial charge in [-0.3, -0.25) is 4.79 Å². The molecule has 1 aliphatic carbocycles. The average molecular weight is 315 g/mol. The second-order valence-corrected chi connectivity index (χ2v) is 5.68. The van der Waals surface area contributed by atoms with E-state index in [-0.39, 0.29) is 26.0 Å². The third-order valence-electron chi connectivity index (χ3n) is 4.26. The minimum absolute atomic E-state index is 0.0226. The molecule has 2 rings (SSSR count). The number of rotatable bonds is 4. The van der Waals surface area contributed by atoms with Crippen LogP contribution in [-0.4, -0.2) is 17.2 Å². The number of benzene rings is 1. The molecule has 0 aliphatic heterocycles. The molecule has 1 aliphatic rings. The number of aliphatic hydroxyl groups is 1. The van der Waals surface area contributed by atoms with Gasteiger partial charge in [0.25, 0.3) is 0 Å². The van der Waals surface area contributed by atoms with Crippen molar-refractivity contribution in [1.29, 1.82) is 0 Å². The number of hydrogen-bond donors (Lipinski definition) is 2. The second kappa shape index (κ2) is 7.13. The normalized spacial score (nSPS) is 22.4. The van der Waals surface area contributed by atoms with Gasteiger partial charge in [0.2, 0.25) is 5.91 Å². The minimum atomic E-state index is -4.33. The summed E-state index contributed by atoms with van der Waals surface area (Å²) in [5, 5.41) is 11.8. The van der Waals surface area contributed by atoms with Gasteiger partial charge < -0.3 is 10.4 Å². The van der Waals surface area contributed by atoms with Crippen LogP contribution < -0.4 is 5.32 Å². The number of amides is 1. The molecule has 0 heterocycles. The van der Waals surface area contributed by atoms with Crippen LogP contribution in [0, 0.1) is 11.8 Å². The SMILES string of the molecule is O=C(NCc1ccccc1CO)C1CCCCC1C(F)(F)F. The molecule has 22 heavy (non-hydrogen) atoms. The molecule has 1 amide bonds. The molecular formula is C16H20F3NO2. The molecule has 1 saturated carbocycles. The maximum Gasteiger partial charge on any atom is 0.392 e. The highest BCUT2D eigenvalue weighted by molar-refractivity contribution is 5.79. The number of hydrogen-bond acceptors (Lipinski definition) is 2. The van der Waals surface area contributed by atoms with Crippen molar-refractivity contribution in [3.8, 4) is 0 Å². The van der Waals surface area contributed by atoms with E-state index >= 15 is 0 Å². The Hall–Kier alpha value is -1.56. The van der Waals surface area contributed by atoms with Crippen LogP contribution in [0.3, 0.4) is 0 Å². The number of alkyl halides is 3. The molecule has 1 aromatic rings. The summed E-state index contributed by atoms with van der Waals surface area (Å²) >= 11 is 0. The molecule has 0 saturated heterocycles. The van der Waals surface area contributed by atoms with Crippen molar-refractivity contribution in [2.24, 2.45) is 11.8 Å². The number of aliphatic hydroxyl groups excluding tert-OH is 1. The smallest absolute Gasteiger partial charge is 0.392 e. The average Bonchev–Trinajstić information content (AvgIpc) is 2.52. The van der Waals surface area contributed by atoms with Crippen LogP contribution in [0.4, 0.5) is 13.2 Å². The molecule has 6 heteroatoms. The van der Waals surface area contributed by atoms with Gasteiger partial charge in [-0.1, -0.05) is 37.1 Å². The summed E-state index contributed by atoms with van der Waals surface area (Å²) in [6.07, 6.45) is -2.86. The first-order valence-electron chi connectivity index (χ1n) is 7.45. The van der Waals surface area contributed by atoms with Gasteiger partial charge in [0, 0.05) is 12.5 Å². The second-order valence-electron chi connectivity index (χ2n) is 5.68. The zero-order valence-corrected chi connectivity index (χ0v) is 12.2. The fourth-order valence-electron chi connectivity index (χ4n) is 3.03. The molecule has 1 fully saturated rings. The molecule has 3 nitrogen and oxygen atoms in total. The molecule has 1 aromatic carbocycles. The lowest BCUT2D eigenvalue weighted by Gasteiger charge is -2.32. The zero-order chi connectivity index (χ0) is 16.2. The summed E-state index contributed by atoms with van der Waals surface area (Å²) in [5.41, 5.74) is 1.39. The van der Waals surface area contributed by atoms with E-state index in [4.69, 9.17) is 0 Å². The van der Waals surface area contributed by atoms with Crippen molar-refractivity contribution in [1.82, 2.24) is 5.32 Å². The summed E-state index contributed by atoms with van der Waals surface area (Å²) in [6, 6.07) is 6.99. The standard InChI is InChI=1S/C16H20F3NO2/c17-16(18,19)14-8-4-3-7-13(14)15(22)20-9-11-5-1-2-6-12(11)10-21/h1-2,5-6,13-14,21H,3-4,7-10H2,(H,20,22). The highest BCUT2D eigenvalue weighted by Gasteiger charge is 2.47. The molecule has 0 radical (unpaired) electrons. The maximum atomic E-state index is 13.0. The summed E-state index contributed by atoms with van der Waals surface area (Å²) < 4.78 is 39.1. The van der Waals surface area contributed by atoms with Crippen LogP contribution in [0.1, 0.15) is 36.8 Å². The van der Waals surface area contributed by atoms with Crippen molar-refractivity contribution >= 4 is 5.91 Å². The van der Waals surface area contributed by atoms with E-state index in [0.717, 1.165) is 5.56 Å². The molecular weight excluding hydrogens is 295 g/mol. The molecule has 0 bridgehead atoms. The first-order chi connectivity index (χ1) is 10.4. The van der Waals surface area contributed by atoms with Gasteiger partial charge in [-0.25, -0.2) is 0 Å². The molecule has 2 N–H and O–H groups in total. The Morgan fingerprint density at radius 1 is 1.18 bits per heavy atom. The molecule has 2 atom stereocenters. The highest BCUT2D eigenvalue weighted by atomic mass is 19.4. The van der Waals surface area contributed by atoms with Crippen LogP contribution >= 0.6 is 0 Å². The first-order valence-corrected chi connectivity index (χ1v) is 7.45. The van der Waals surface area contributed by atoms with E-state index in [0.29, 0.717) is 18.4 Å². The topological polar surface area (TPSA) is 49.3 Å². The predicted octanol–water partition coefficient (Wildman–Crippen LogP) is 3.16. The Balaban J connectivity index is 2.01. The fraction of sp³-hybridized carbons (Fsp3) is 0.562. The van der Waals surface area contributed by atoms with E-state index in [1.165, 1.54) is 0 Å². The number of nitrogens with one attached hydrogen (secondary N) is 1. The Kier molecular flexibility index (Phi) is 5.45. The largest absolute Gasteiger partial charge is 0.392 e. The number of halogens is 3. The van der Waals surface area contributed by atoms with Gasteiger partial charge in [-0.05, 0) is 24.0 Å². The Morgan fingerprint density at radius 2 is 1.82 bits per heavy atom. The monoisotopic (exact) mass is 315 g/mol. The van der Waals surface area contributed by atoms with Crippen LogP contribution in [0.5, 0.6) is 0 Å². The Morgan fingerprint density at radius 3 is 2.45 bits per heavy atom. The van der Waals surface area contributed by atoms with Crippen molar-refractivity contribution in [3.05, 3.63) is 35.4 Å². The summed E-state index contributed by atoms with van der Waals surface area (Å²) in [4.78, 5) is 12.2. The van der Waals surface area contributed by atoms with Crippen molar-refractivity contribution in [2.75, 3.05) is 0 Å². The lowest BCUT2D eigenvalue weighted by Crippen LogP contribution is -2.42. The van der Waals surface area contributed by atoms with Gasteiger partial charge in [-0.2, -0.15) is 13.2 Å². The predicted molar refractivity (Wildman–Crippen MR) is 75.7 cm³/mol. The van der Waals surface area contributed by atoms with Gasteiger partial charge >= 0.3 is 6.18 Å². The van der Waals surface area contributed by atoms with Crippen LogP contribution in [0.2, 0.25) is 0 Å². The van der Waals surface area contributed by atoms with Crippen molar-refractivity contribution < 1.29 is 23.1 Å². The fourth-order valence-corrected chi connectivity index (χ4v) is 3.03. The number of carbonyl (C=O) groups is 1. The third-order valence-corrected chi connectivity index (χ3v) is 4.26. The lowest BCUT2D eigenvalue weighted by molar-refractivity contribution is -0.198. The van der Waals surface area contributed by atoms with Crippen LogP contribution in [0.15, 0.2) is 24.3 Å². The first kappa shape index (κ1) is 16.8. The summed E-state index contributed by atoms with van der Waals surface area (Å²) in [6.45, 7) is -0.0305. The molecule has 0 spiro atoms. The van der Waals surface area contributed by atoms with Crippen molar-refractivity contribution in [2.45, 2.75) is 45.0 Å². The van der Waals surface area contributed by atoms with Gasteiger partial charge in [-0.15, -0.1) is 0 Å². The Bertz CT molecular complexity index is 516. The number of carbonyl (C=O) groups excluding carboxylic acids is 1. The highest BCUT2D eigenvalue weighted by Crippen LogP contribution is 2.41. The quantitative estimate of drug-likeness (QED) is 0.896. The van der Waals surface area contributed by atoms with E-state index < -0.39 is 23.9 Å². The third kappa shape index (κ3) is 4.00. The van der Waals surface area contributed by atoms with Crippen LogP contribution in [0.25, 0.3) is 0 Å². The van der Waals surface area contributed by atoms with E-state index in [2.05, 4.69) is 5.32 Å². The van der Waals surface area contributed by atoms with Crippen LogP contribution in [-0.2, 0) is 17.9 Å². The zero-order valence-electron chi connectivity index (χ0n) is 12.2. The van der Waals surface area contributed by atoms with E-state index in [1.54, 1.807) is 24.3 Å². The summed E-state index contributed by atoms with van der Waals surface area (Å²) in [5.74, 6) is -3.10. The Labute approximate surface area is 127 Å². The van der Waals surface area contributed by atoms with Gasteiger partial charge in [0.15, 0.2) is 0 Å². The molecule has 2 unspecified atom stereocenters.